The van der Waals surface area contributed by atoms with Gasteiger partial charge in [0.05, 0.1) is 38.0 Å². The number of hydrazine groups is 2. The van der Waals surface area contributed by atoms with Gasteiger partial charge in [0.1, 0.15) is 11.6 Å². The number of aromatic amines is 2. The fraction of sp³-hybridized carbons (Fsp3) is 0.476. The second-order valence-corrected chi connectivity index (χ2v) is 14.9. The zero-order chi connectivity index (χ0) is 41.1. The number of hydrogen-bond donors (Lipinski definition) is 4. The molecule has 0 spiro atoms. The third-order valence-electron chi connectivity index (χ3n) is 10.4. The van der Waals surface area contributed by atoms with Crippen LogP contribution in [0.5, 0.6) is 0 Å². The van der Waals surface area contributed by atoms with Gasteiger partial charge in [-0.1, -0.05) is 76.3 Å². The van der Waals surface area contributed by atoms with Crippen molar-refractivity contribution >= 4 is 35.1 Å². The molecule has 56 heavy (non-hydrogen) atoms. The molecule has 2 aliphatic rings. The fourth-order valence-electron chi connectivity index (χ4n) is 7.20. The number of nitrogens with one attached hydrogen (secondary N) is 4. The summed E-state index contributed by atoms with van der Waals surface area (Å²) in [5.74, 6) is 0.0980. The van der Waals surface area contributed by atoms with E-state index in [0.717, 1.165) is 49.9 Å². The Morgan fingerprint density at radius 2 is 1.02 bits per heavy atom. The van der Waals surface area contributed by atoms with Crippen molar-refractivity contribution < 1.29 is 28.7 Å². The molecule has 2 aliphatic carbocycles. The van der Waals surface area contributed by atoms with Crippen LogP contribution in [0.3, 0.4) is 0 Å². The first-order chi connectivity index (χ1) is 26.7. The van der Waals surface area contributed by atoms with Gasteiger partial charge in [-0.2, -0.15) is 0 Å². The number of ether oxygens (including phenoxy) is 2. The molecule has 2 aromatic rings. The molecule has 4 unspecified atom stereocenters. The van der Waals surface area contributed by atoms with E-state index < -0.39 is 12.2 Å². The molecular formula is C42H58N8O6. The zero-order valence-electron chi connectivity index (χ0n) is 33.7. The third kappa shape index (κ3) is 10.8. The van der Waals surface area contributed by atoms with Gasteiger partial charge >= 0.3 is 12.2 Å². The summed E-state index contributed by atoms with van der Waals surface area (Å²) >= 11 is 0. The molecule has 302 valence electrons. The molecule has 0 aliphatic heterocycles. The molecule has 0 saturated heterocycles. The van der Waals surface area contributed by atoms with Crippen molar-refractivity contribution in [3.63, 3.8) is 0 Å². The van der Waals surface area contributed by atoms with Crippen LogP contribution in [0.25, 0.3) is 11.1 Å². The van der Waals surface area contributed by atoms with Gasteiger partial charge in [0, 0.05) is 35.8 Å². The number of carbonyl (C=O) groups is 4. The fourth-order valence-corrected chi connectivity index (χ4v) is 7.20. The van der Waals surface area contributed by atoms with E-state index in [-0.39, 0.29) is 47.6 Å². The first kappa shape index (κ1) is 43.1. The Kier molecular flexibility index (Phi) is 15.2. The highest BCUT2D eigenvalue weighted by Crippen LogP contribution is 2.39. The molecule has 0 bridgehead atoms. The molecule has 14 nitrogen and oxygen atoms in total. The number of H-pyrrole nitrogens is 2. The number of rotatable bonds is 13. The Morgan fingerprint density at radius 1 is 0.661 bits per heavy atom. The van der Waals surface area contributed by atoms with Gasteiger partial charge in [0.2, 0.25) is 11.8 Å². The quantitative estimate of drug-likeness (QED) is 0.119. The zero-order valence-corrected chi connectivity index (χ0v) is 33.7. The van der Waals surface area contributed by atoms with Crippen LogP contribution in [0.15, 0.2) is 74.2 Å². The number of nitrogens with zero attached hydrogens (tertiary/aromatic N) is 4. The molecule has 2 fully saturated rings. The summed E-state index contributed by atoms with van der Waals surface area (Å²) in [5.41, 5.74) is 9.27. The topological polar surface area (TPSA) is 175 Å². The number of hydrogen-bond acceptors (Lipinski definition) is 8. The highest BCUT2D eigenvalue weighted by Gasteiger charge is 2.39. The van der Waals surface area contributed by atoms with Crippen LogP contribution in [0.1, 0.15) is 114 Å². The predicted octanol–water partition coefficient (Wildman–Crippen LogP) is 7.65. The van der Waals surface area contributed by atoms with Crippen LogP contribution < -0.4 is 10.9 Å². The van der Waals surface area contributed by atoms with E-state index in [4.69, 9.17) is 9.47 Å². The molecule has 4 N–H and O–H groups in total. The van der Waals surface area contributed by atoms with Gasteiger partial charge in [-0.15, -0.1) is 0 Å². The van der Waals surface area contributed by atoms with Crippen molar-refractivity contribution in [2.75, 3.05) is 14.2 Å². The van der Waals surface area contributed by atoms with Crippen LogP contribution in [0.4, 0.5) is 9.59 Å². The molecular weight excluding hydrogens is 713 g/mol. The van der Waals surface area contributed by atoms with Crippen molar-refractivity contribution in [3.8, 4) is 0 Å². The lowest BCUT2D eigenvalue weighted by Crippen LogP contribution is -2.53. The lowest BCUT2D eigenvalue weighted by molar-refractivity contribution is -0.143. The van der Waals surface area contributed by atoms with Crippen LogP contribution in [0, 0.1) is 11.8 Å². The van der Waals surface area contributed by atoms with Gasteiger partial charge in [-0.05, 0) is 75.7 Å². The maximum absolute atomic E-state index is 13.6. The van der Waals surface area contributed by atoms with E-state index in [0.29, 0.717) is 46.8 Å². The second kappa shape index (κ2) is 19.8. The van der Waals surface area contributed by atoms with E-state index in [1.165, 1.54) is 24.2 Å². The number of aromatic nitrogens is 4. The highest BCUT2D eigenvalue weighted by molar-refractivity contribution is 5.83. The minimum Gasteiger partial charge on any atom is -0.452 e. The largest absolute Gasteiger partial charge is 0.452 e. The van der Waals surface area contributed by atoms with Crippen LogP contribution in [0.2, 0.25) is 0 Å². The molecule has 2 aromatic heterocycles. The third-order valence-corrected chi connectivity index (χ3v) is 10.4. The summed E-state index contributed by atoms with van der Waals surface area (Å²) in [4.78, 5) is 67.2. The molecule has 2 heterocycles. The smallest absolute Gasteiger partial charge is 0.425 e. The van der Waals surface area contributed by atoms with Crippen molar-refractivity contribution in [1.29, 1.82) is 0 Å². The number of carbonyl (C=O) groups excluding carboxylic acids is 4. The van der Waals surface area contributed by atoms with Crippen LogP contribution in [-0.2, 0) is 19.1 Å². The first-order valence-corrected chi connectivity index (χ1v) is 19.2. The predicted molar refractivity (Wildman–Crippen MR) is 216 cm³/mol. The lowest BCUT2D eigenvalue weighted by Gasteiger charge is -2.35. The average molecular weight is 771 g/mol. The molecule has 14 heteroatoms. The Hall–Kier alpha value is -5.66. The average Bonchev–Trinajstić information content (AvgIpc) is 3.90. The molecule has 2 saturated carbocycles. The lowest BCUT2D eigenvalue weighted by atomic mass is 9.78. The maximum atomic E-state index is 13.6. The summed E-state index contributed by atoms with van der Waals surface area (Å²) in [6.45, 7) is 24.1. The van der Waals surface area contributed by atoms with Crippen molar-refractivity contribution in [2.24, 2.45) is 11.8 Å². The van der Waals surface area contributed by atoms with Crippen molar-refractivity contribution in [1.82, 2.24) is 40.8 Å². The number of imidazole rings is 2. The summed E-state index contributed by atoms with van der Waals surface area (Å²) in [6.07, 6.45) is 16.1. The van der Waals surface area contributed by atoms with Crippen LogP contribution in [-0.4, -0.2) is 80.3 Å². The number of allylic oxidation sites excluding steroid dienone is 8. The molecule has 4 atom stereocenters. The van der Waals surface area contributed by atoms with Gasteiger partial charge in [0.15, 0.2) is 0 Å². The first-order valence-electron chi connectivity index (χ1n) is 19.2. The van der Waals surface area contributed by atoms with Gasteiger partial charge in [-0.25, -0.2) is 40.4 Å². The summed E-state index contributed by atoms with van der Waals surface area (Å²) in [5, 5.41) is 2.70. The number of methoxy groups -OCH3 is 2. The van der Waals surface area contributed by atoms with Crippen LogP contribution >= 0.6 is 0 Å². The van der Waals surface area contributed by atoms with E-state index in [1.54, 1.807) is 12.4 Å². The summed E-state index contributed by atoms with van der Waals surface area (Å²) in [6, 6.07) is -0.510. The molecule has 0 aromatic carbocycles. The minimum absolute atomic E-state index is 0.140. The van der Waals surface area contributed by atoms with Gasteiger partial charge in [0.25, 0.3) is 0 Å². The Bertz CT molecular complexity index is 1720. The highest BCUT2D eigenvalue weighted by atomic mass is 16.5. The van der Waals surface area contributed by atoms with Gasteiger partial charge < -0.3 is 19.4 Å². The molecule has 4 rings (SSSR count). The summed E-state index contributed by atoms with van der Waals surface area (Å²) < 4.78 is 9.47. The van der Waals surface area contributed by atoms with Crippen molar-refractivity contribution in [2.45, 2.75) is 103 Å². The standard InChI is InChI=1S/C42H58N8O6/c1-25(2)49(47-41(53)55-9)39(51)33-17-13-11-15-31(33)37-43-23-35(45-37)29(7)21-19-27(5)28(6)20-22-30(8)36-24-44-38(46-36)32-16-12-14-18-34(32)40(52)50(26(3)4)48-42(54)56-10/h19-26,31-34H,5-8,11-18H2,1-4,9-10H3,(H,43,45)(H,44,46)(H,47,53)(H,48,54)/b21-19-,22-20-. The van der Waals surface area contributed by atoms with E-state index in [2.05, 4.69) is 57.1 Å². The normalized spacial score (nSPS) is 19.8. The minimum atomic E-state index is -0.689. The van der Waals surface area contributed by atoms with Crippen molar-refractivity contribution in [3.05, 3.63) is 97.2 Å². The SMILES string of the molecule is C=C(/C=C\C(=C)c1cnc(C2CCCCC2C(=O)N(NC(=O)OC)C(C)C)[nH]1)C(=C)/C=C\C(=C)c1cnc(C2CCCCC2C(=O)N(NC(=O)OC)C(C)C)[nH]1. The Balaban J connectivity index is 1.37. The Morgan fingerprint density at radius 3 is 1.36 bits per heavy atom. The van der Waals surface area contributed by atoms with E-state index in [1.807, 2.05) is 52.0 Å². The monoisotopic (exact) mass is 770 g/mol. The van der Waals surface area contributed by atoms with Gasteiger partial charge in [-0.3, -0.25) is 9.59 Å². The summed E-state index contributed by atoms with van der Waals surface area (Å²) in [7, 11) is 2.53. The van der Waals surface area contributed by atoms with E-state index >= 15 is 0 Å². The molecule has 4 amide bonds. The maximum Gasteiger partial charge on any atom is 0.425 e. The Labute approximate surface area is 330 Å². The van der Waals surface area contributed by atoms with E-state index in [9.17, 15) is 19.2 Å². The second-order valence-electron chi connectivity index (χ2n) is 14.9. The molecule has 0 radical (unpaired) electrons. The number of amides is 4.